The molecule has 2 aromatic heterocycles. The number of carbonyl (C=O) groups excluding carboxylic acids is 1. The molecule has 0 aliphatic heterocycles. The van der Waals surface area contributed by atoms with Gasteiger partial charge in [-0.3, -0.25) is 4.79 Å². The van der Waals surface area contributed by atoms with E-state index in [0.29, 0.717) is 18.1 Å². The van der Waals surface area contributed by atoms with Gasteiger partial charge in [0.2, 0.25) is 11.8 Å². The van der Waals surface area contributed by atoms with Crippen LogP contribution in [-0.4, -0.2) is 32.9 Å². The third-order valence-electron chi connectivity index (χ3n) is 5.20. The van der Waals surface area contributed by atoms with Crippen molar-refractivity contribution in [3.05, 3.63) is 48.4 Å². The molecule has 7 nitrogen and oxygen atoms in total. The number of hydrogen-bond acceptors (Lipinski definition) is 5. The van der Waals surface area contributed by atoms with Crippen LogP contribution in [0.4, 0.5) is 0 Å². The summed E-state index contributed by atoms with van der Waals surface area (Å²) in [5, 5.41) is 3.92. The lowest BCUT2D eigenvalue weighted by Gasteiger charge is -2.24. The number of carbonyl (C=O) groups is 1. The number of aromatic nitrogens is 3. The number of ether oxygens (including phenoxy) is 1. The number of fused-ring (bicyclic) bond motifs is 1. The first-order valence-corrected chi connectivity index (χ1v) is 9.80. The first kappa shape index (κ1) is 18.4. The predicted molar refractivity (Wildman–Crippen MR) is 107 cm³/mol. The zero-order valence-electron chi connectivity index (χ0n) is 15.7. The Morgan fingerprint density at radius 3 is 2.75 bits per heavy atom. The first-order valence-electron chi connectivity index (χ1n) is 9.80. The Hall–Kier alpha value is -2.93. The third-order valence-corrected chi connectivity index (χ3v) is 5.20. The maximum Gasteiger partial charge on any atom is 0.237 e. The van der Waals surface area contributed by atoms with Gasteiger partial charge >= 0.3 is 0 Å². The van der Waals surface area contributed by atoms with Crippen molar-refractivity contribution < 1.29 is 9.53 Å². The van der Waals surface area contributed by atoms with E-state index in [9.17, 15) is 4.79 Å². The van der Waals surface area contributed by atoms with Crippen LogP contribution in [0.15, 0.2) is 42.9 Å². The van der Waals surface area contributed by atoms with Crippen molar-refractivity contribution >= 4 is 16.9 Å². The fraction of sp³-hybridized carbons (Fsp3) is 0.381. The fourth-order valence-electron chi connectivity index (χ4n) is 3.64. The molecule has 4 N–H and O–H groups in total. The normalized spacial score (nSPS) is 16.0. The number of nitrogens with two attached hydrogens (primary N) is 1. The average molecular weight is 379 g/mol. The van der Waals surface area contributed by atoms with E-state index in [4.69, 9.17) is 10.5 Å². The summed E-state index contributed by atoms with van der Waals surface area (Å²) < 4.78 is 5.88. The minimum atomic E-state index is -0.546. The van der Waals surface area contributed by atoms with Crippen LogP contribution in [-0.2, 0) is 11.2 Å². The lowest BCUT2D eigenvalue weighted by atomic mass is 9.95. The van der Waals surface area contributed by atoms with E-state index in [1.807, 2.05) is 30.3 Å². The van der Waals surface area contributed by atoms with Gasteiger partial charge in [-0.1, -0.05) is 31.4 Å². The highest BCUT2D eigenvalue weighted by Crippen LogP contribution is 2.26. The first-order chi connectivity index (χ1) is 13.7. The molecule has 0 spiro atoms. The van der Waals surface area contributed by atoms with E-state index in [0.717, 1.165) is 29.4 Å². The zero-order chi connectivity index (χ0) is 19.3. The molecule has 1 fully saturated rings. The van der Waals surface area contributed by atoms with Gasteiger partial charge < -0.3 is 20.8 Å². The number of hydrogen-bond donors (Lipinski definition) is 3. The predicted octanol–water partition coefficient (Wildman–Crippen LogP) is 3.07. The summed E-state index contributed by atoms with van der Waals surface area (Å²) in [6.45, 7) is 0. The van der Waals surface area contributed by atoms with E-state index >= 15 is 0 Å². The molecule has 0 radical (unpaired) electrons. The summed E-state index contributed by atoms with van der Waals surface area (Å²) in [6, 6.07) is 9.19. The smallest absolute Gasteiger partial charge is 0.237 e. The standard InChI is InChI=1S/C21H25N5O2/c22-18(20(27)26-15-4-2-1-3-5-15)12-14-6-8-16(9-7-14)28-21-17-10-11-23-19(17)24-13-25-21/h6-11,13,15,18H,1-5,12,22H2,(H,26,27)(H,23,24,25)/t18-/m0/s1. The topological polar surface area (TPSA) is 106 Å². The summed E-state index contributed by atoms with van der Waals surface area (Å²) >= 11 is 0. The molecule has 7 heteroatoms. The van der Waals surface area contributed by atoms with Crippen LogP contribution >= 0.6 is 0 Å². The Balaban J connectivity index is 1.35. The van der Waals surface area contributed by atoms with E-state index in [2.05, 4.69) is 20.3 Å². The molecule has 1 atom stereocenters. The summed E-state index contributed by atoms with van der Waals surface area (Å²) in [5.74, 6) is 1.11. The monoisotopic (exact) mass is 379 g/mol. The van der Waals surface area contributed by atoms with Crippen molar-refractivity contribution in [3.63, 3.8) is 0 Å². The van der Waals surface area contributed by atoms with Crippen molar-refractivity contribution in [2.45, 2.75) is 50.6 Å². The number of amides is 1. The van der Waals surface area contributed by atoms with E-state index in [-0.39, 0.29) is 11.9 Å². The van der Waals surface area contributed by atoms with Gasteiger partial charge in [0.1, 0.15) is 17.7 Å². The second kappa shape index (κ2) is 8.39. The summed E-state index contributed by atoms with van der Waals surface area (Å²) in [5.41, 5.74) is 7.84. The molecule has 146 valence electrons. The van der Waals surface area contributed by atoms with Crippen LogP contribution in [0.5, 0.6) is 11.6 Å². The average Bonchev–Trinajstić information content (AvgIpc) is 3.20. The Morgan fingerprint density at radius 1 is 1.18 bits per heavy atom. The third kappa shape index (κ3) is 4.31. The summed E-state index contributed by atoms with van der Waals surface area (Å²) in [7, 11) is 0. The molecular weight excluding hydrogens is 354 g/mol. The van der Waals surface area contributed by atoms with Crippen LogP contribution in [0.1, 0.15) is 37.7 Å². The van der Waals surface area contributed by atoms with Crippen molar-refractivity contribution in [1.82, 2.24) is 20.3 Å². The number of H-pyrrole nitrogens is 1. The van der Waals surface area contributed by atoms with E-state index in [1.165, 1.54) is 25.6 Å². The minimum Gasteiger partial charge on any atom is -0.438 e. The van der Waals surface area contributed by atoms with Gasteiger partial charge in [-0.2, -0.15) is 0 Å². The van der Waals surface area contributed by atoms with Gasteiger partial charge in [0, 0.05) is 12.2 Å². The second-order valence-electron chi connectivity index (χ2n) is 7.32. The van der Waals surface area contributed by atoms with Crippen LogP contribution < -0.4 is 15.8 Å². The number of aromatic amines is 1. The number of nitrogens with zero attached hydrogens (tertiary/aromatic N) is 2. The lowest BCUT2D eigenvalue weighted by Crippen LogP contribution is -2.46. The molecule has 28 heavy (non-hydrogen) atoms. The Labute approximate surface area is 163 Å². The molecular formula is C21H25N5O2. The molecule has 0 saturated heterocycles. The highest BCUT2D eigenvalue weighted by molar-refractivity contribution is 5.82. The fourth-order valence-corrected chi connectivity index (χ4v) is 3.64. The molecule has 1 saturated carbocycles. The van der Waals surface area contributed by atoms with Crippen LogP contribution in [0.25, 0.3) is 11.0 Å². The maximum atomic E-state index is 12.3. The van der Waals surface area contributed by atoms with Crippen molar-refractivity contribution in [3.8, 4) is 11.6 Å². The second-order valence-corrected chi connectivity index (χ2v) is 7.32. The summed E-state index contributed by atoms with van der Waals surface area (Å²) in [6.07, 6.45) is 9.50. The van der Waals surface area contributed by atoms with Crippen molar-refractivity contribution in [2.24, 2.45) is 5.73 Å². The largest absolute Gasteiger partial charge is 0.438 e. The SMILES string of the molecule is N[C@@H](Cc1ccc(Oc2ncnc3[nH]ccc23)cc1)C(=O)NC1CCCCC1. The molecule has 1 aliphatic rings. The molecule has 3 aromatic rings. The summed E-state index contributed by atoms with van der Waals surface area (Å²) in [4.78, 5) is 23.7. The molecule has 2 heterocycles. The highest BCUT2D eigenvalue weighted by Gasteiger charge is 2.20. The Morgan fingerprint density at radius 2 is 1.96 bits per heavy atom. The molecule has 1 aromatic carbocycles. The van der Waals surface area contributed by atoms with Gasteiger partial charge in [-0.05, 0) is 43.0 Å². The van der Waals surface area contributed by atoms with Crippen molar-refractivity contribution in [2.75, 3.05) is 0 Å². The van der Waals surface area contributed by atoms with Crippen LogP contribution in [0.3, 0.4) is 0 Å². The highest BCUT2D eigenvalue weighted by atomic mass is 16.5. The molecule has 1 amide bonds. The Bertz CT molecular complexity index is 931. The molecule has 0 bridgehead atoms. The van der Waals surface area contributed by atoms with Gasteiger partial charge in [0.05, 0.1) is 11.4 Å². The lowest BCUT2D eigenvalue weighted by molar-refractivity contribution is -0.123. The minimum absolute atomic E-state index is 0.0666. The van der Waals surface area contributed by atoms with Crippen LogP contribution in [0.2, 0.25) is 0 Å². The van der Waals surface area contributed by atoms with Crippen molar-refractivity contribution in [1.29, 1.82) is 0 Å². The molecule has 0 unspecified atom stereocenters. The van der Waals surface area contributed by atoms with Crippen LogP contribution in [0, 0.1) is 0 Å². The Kier molecular flexibility index (Phi) is 5.53. The molecule has 4 rings (SSSR count). The molecule has 1 aliphatic carbocycles. The zero-order valence-corrected chi connectivity index (χ0v) is 15.7. The van der Waals surface area contributed by atoms with Gasteiger partial charge in [-0.25, -0.2) is 9.97 Å². The number of rotatable bonds is 6. The number of nitrogens with one attached hydrogen (secondary N) is 2. The van der Waals surface area contributed by atoms with Gasteiger partial charge in [0.25, 0.3) is 0 Å². The van der Waals surface area contributed by atoms with E-state index < -0.39 is 6.04 Å². The van der Waals surface area contributed by atoms with Gasteiger partial charge in [-0.15, -0.1) is 0 Å². The van der Waals surface area contributed by atoms with Gasteiger partial charge in [0.15, 0.2) is 0 Å². The quantitative estimate of drug-likeness (QED) is 0.610. The number of benzene rings is 1. The van der Waals surface area contributed by atoms with E-state index in [1.54, 1.807) is 6.20 Å². The maximum absolute atomic E-state index is 12.3.